The number of amides is 3. The van der Waals surface area contributed by atoms with Crippen molar-refractivity contribution in [2.24, 2.45) is 0 Å². The minimum Gasteiger partial charge on any atom is -0.462 e. The van der Waals surface area contributed by atoms with Crippen molar-refractivity contribution in [1.82, 2.24) is 15.5 Å². The number of esters is 1. The van der Waals surface area contributed by atoms with Crippen molar-refractivity contribution in [2.45, 2.75) is 44.0 Å². The van der Waals surface area contributed by atoms with E-state index in [2.05, 4.69) is 10.6 Å². The Balaban J connectivity index is 1.79. The van der Waals surface area contributed by atoms with E-state index < -0.39 is 29.5 Å². The Labute approximate surface area is 175 Å². The van der Waals surface area contributed by atoms with Crippen molar-refractivity contribution in [1.29, 1.82) is 0 Å². The molecule has 0 radical (unpaired) electrons. The highest BCUT2D eigenvalue weighted by Gasteiger charge is 2.58. The molecule has 3 amide bonds. The van der Waals surface area contributed by atoms with Crippen LogP contribution in [0.2, 0.25) is 0 Å². The van der Waals surface area contributed by atoms with Crippen LogP contribution in [0.3, 0.4) is 0 Å². The van der Waals surface area contributed by atoms with E-state index >= 15 is 0 Å². The quantitative estimate of drug-likeness (QED) is 0.587. The van der Waals surface area contributed by atoms with Crippen LogP contribution in [0.4, 0.5) is 4.79 Å². The van der Waals surface area contributed by atoms with Crippen LogP contribution >= 0.6 is 0 Å². The summed E-state index contributed by atoms with van der Waals surface area (Å²) in [5.74, 6) is -0.801. The molecule has 2 heterocycles. The van der Waals surface area contributed by atoms with Gasteiger partial charge in [0.15, 0.2) is 0 Å². The first kappa shape index (κ1) is 20.1. The number of likely N-dealkylation sites (tertiary alicyclic amines) is 1. The third-order valence-electron chi connectivity index (χ3n) is 5.60. The lowest BCUT2D eigenvalue weighted by Crippen LogP contribution is -2.49. The van der Waals surface area contributed by atoms with E-state index in [1.165, 1.54) is 0 Å². The summed E-state index contributed by atoms with van der Waals surface area (Å²) >= 11 is 0. The van der Waals surface area contributed by atoms with Gasteiger partial charge in [0, 0.05) is 13.0 Å². The SMILES string of the molecule is CC(C)OC(=O)[C@@H]1C[C@@]2(CN1C(c1ccccc1)c1ccccc1)NC(=O)NC2=O. The number of benzene rings is 2. The number of ether oxygens (including phenoxy) is 1. The minimum atomic E-state index is -1.15. The molecule has 1 spiro atoms. The molecule has 7 nitrogen and oxygen atoms in total. The average Bonchev–Trinajstić information content (AvgIpc) is 3.22. The molecule has 0 aromatic heterocycles. The molecule has 2 saturated heterocycles. The second-order valence-electron chi connectivity index (χ2n) is 8.09. The molecule has 4 rings (SSSR count). The summed E-state index contributed by atoms with van der Waals surface area (Å²) in [4.78, 5) is 39.6. The zero-order valence-electron chi connectivity index (χ0n) is 17.0. The normalized spacial score (nSPS) is 23.8. The Morgan fingerprint density at radius 3 is 2.07 bits per heavy atom. The van der Waals surface area contributed by atoms with Gasteiger partial charge in [0.05, 0.1) is 12.1 Å². The zero-order valence-corrected chi connectivity index (χ0v) is 17.0. The van der Waals surface area contributed by atoms with Gasteiger partial charge in [-0.1, -0.05) is 60.7 Å². The first-order chi connectivity index (χ1) is 14.4. The number of carbonyl (C=O) groups is 3. The largest absolute Gasteiger partial charge is 0.462 e. The van der Waals surface area contributed by atoms with Crippen LogP contribution in [0.15, 0.2) is 60.7 Å². The van der Waals surface area contributed by atoms with Gasteiger partial charge < -0.3 is 10.1 Å². The van der Waals surface area contributed by atoms with E-state index in [1.807, 2.05) is 65.6 Å². The number of imide groups is 1. The third kappa shape index (κ3) is 3.68. The van der Waals surface area contributed by atoms with Crippen molar-refractivity contribution in [3.05, 3.63) is 71.8 Å². The van der Waals surface area contributed by atoms with Crippen LogP contribution in [0.5, 0.6) is 0 Å². The molecule has 2 fully saturated rings. The fourth-order valence-corrected chi connectivity index (χ4v) is 4.36. The van der Waals surface area contributed by atoms with E-state index in [-0.39, 0.29) is 25.1 Å². The van der Waals surface area contributed by atoms with Crippen LogP contribution < -0.4 is 10.6 Å². The van der Waals surface area contributed by atoms with E-state index in [0.29, 0.717) is 0 Å². The molecular weight excluding hydrogens is 382 g/mol. The lowest BCUT2D eigenvalue weighted by atomic mass is 9.96. The molecular formula is C23H25N3O4. The maximum Gasteiger partial charge on any atom is 0.323 e. The smallest absolute Gasteiger partial charge is 0.323 e. The van der Waals surface area contributed by atoms with Crippen LogP contribution in [-0.2, 0) is 14.3 Å². The summed E-state index contributed by atoms with van der Waals surface area (Å²) < 4.78 is 5.53. The van der Waals surface area contributed by atoms with Crippen LogP contribution in [0.1, 0.15) is 37.4 Å². The number of hydrogen-bond acceptors (Lipinski definition) is 5. The fraction of sp³-hybridized carbons (Fsp3) is 0.348. The first-order valence-electron chi connectivity index (χ1n) is 10.1. The van der Waals surface area contributed by atoms with Crippen molar-refractivity contribution in [3.63, 3.8) is 0 Å². The molecule has 2 aliphatic heterocycles. The molecule has 0 aliphatic carbocycles. The van der Waals surface area contributed by atoms with Gasteiger partial charge in [-0.2, -0.15) is 0 Å². The maximum absolute atomic E-state index is 13.1. The van der Waals surface area contributed by atoms with Crippen molar-refractivity contribution in [2.75, 3.05) is 6.54 Å². The van der Waals surface area contributed by atoms with Crippen molar-refractivity contribution < 1.29 is 19.1 Å². The van der Waals surface area contributed by atoms with E-state index in [9.17, 15) is 14.4 Å². The summed E-state index contributed by atoms with van der Waals surface area (Å²) in [6.07, 6.45) is -0.124. The standard InChI is InChI=1S/C23H25N3O4/c1-15(2)30-20(27)18-13-23(21(28)24-22(29)25-23)14-26(18)19(16-9-5-3-6-10-16)17-11-7-4-8-12-17/h3-12,15,18-19H,13-14H2,1-2H3,(H2,24,25,28,29)/t18-,23-/m0/s1. The molecule has 2 atom stereocenters. The lowest BCUT2D eigenvalue weighted by molar-refractivity contribution is -0.153. The lowest BCUT2D eigenvalue weighted by Gasteiger charge is -2.33. The highest BCUT2D eigenvalue weighted by Crippen LogP contribution is 2.40. The van der Waals surface area contributed by atoms with Crippen LogP contribution in [-0.4, -0.2) is 47.0 Å². The average molecular weight is 407 g/mol. The molecule has 0 saturated carbocycles. The van der Waals surface area contributed by atoms with Crippen molar-refractivity contribution >= 4 is 17.9 Å². The molecule has 2 aliphatic rings. The number of nitrogens with one attached hydrogen (secondary N) is 2. The Morgan fingerprint density at radius 1 is 1.03 bits per heavy atom. The predicted molar refractivity (Wildman–Crippen MR) is 110 cm³/mol. The van der Waals surface area contributed by atoms with Gasteiger partial charge in [-0.05, 0) is 25.0 Å². The summed E-state index contributed by atoms with van der Waals surface area (Å²) in [7, 11) is 0. The summed E-state index contributed by atoms with van der Waals surface area (Å²) in [6.45, 7) is 3.79. The number of hydrogen-bond donors (Lipinski definition) is 2. The molecule has 2 aromatic rings. The Morgan fingerprint density at radius 2 is 1.60 bits per heavy atom. The highest BCUT2D eigenvalue weighted by atomic mass is 16.5. The van der Waals surface area contributed by atoms with E-state index in [4.69, 9.17) is 4.74 Å². The molecule has 2 aromatic carbocycles. The minimum absolute atomic E-state index is 0.159. The third-order valence-corrected chi connectivity index (χ3v) is 5.60. The van der Waals surface area contributed by atoms with E-state index in [0.717, 1.165) is 11.1 Å². The van der Waals surface area contributed by atoms with Gasteiger partial charge in [-0.3, -0.25) is 19.8 Å². The van der Waals surface area contributed by atoms with Gasteiger partial charge in [0.2, 0.25) is 0 Å². The molecule has 7 heteroatoms. The molecule has 0 bridgehead atoms. The second-order valence-corrected chi connectivity index (χ2v) is 8.09. The molecule has 30 heavy (non-hydrogen) atoms. The van der Waals surface area contributed by atoms with Crippen molar-refractivity contribution in [3.8, 4) is 0 Å². The maximum atomic E-state index is 13.1. The summed E-state index contributed by atoms with van der Waals surface area (Å²) in [6, 6.07) is 18.2. The van der Waals surface area contributed by atoms with Gasteiger partial charge in [-0.15, -0.1) is 0 Å². The summed E-state index contributed by atoms with van der Waals surface area (Å²) in [5.41, 5.74) is 0.834. The van der Waals surface area contributed by atoms with Gasteiger partial charge in [0.1, 0.15) is 11.6 Å². The van der Waals surface area contributed by atoms with Gasteiger partial charge in [0.25, 0.3) is 5.91 Å². The Kier molecular flexibility index (Phi) is 5.30. The highest BCUT2D eigenvalue weighted by molar-refractivity contribution is 6.08. The number of urea groups is 1. The summed E-state index contributed by atoms with van der Waals surface area (Å²) in [5, 5.41) is 5.08. The van der Waals surface area contributed by atoms with Gasteiger partial charge in [-0.25, -0.2) is 4.79 Å². The fourth-order valence-electron chi connectivity index (χ4n) is 4.36. The monoisotopic (exact) mass is 407 g/mol. The Bertz CT molecular complexity index is 908. The molecule has 2 N–H and O–H groups in total. The Hall–Kier alpha value is -3.19. The predicted octanol–water partition coefficient (Wildman–Crippen LogP) is 2.38. The number of nitrogens with zero attached hydrogens (tertiary/aromatic N) is 1. The topological polar surface area (TPSA) is 87.7 Å². The van der Waals surface area contributed by atoms with Crippen LogP contribution in [0.25, 0.3) is 0 Å². The second kappa shape index (κ2) is 7.91. The number of rotatable bonds is 5. The van der Waals surface area contributed by atoms with E-state index in [1.54, 1.807) is 13.8 Å². The zero-order chi connectivity index (χ0) is 21.3. The molecule has 156 valence electrons. The molecule has 0 unspecified atom stereocenters. The van der Waals surface area contributed by atoms with Crippen LogP contribution in [0, 0.1) is 0 Å². The first-order valence-corrected chi connectivity index (χ1v) is 10.1. The van der Waals surface area contributed by atoms with Gasteiger partial charge >= 0.3 is 12.0 Å². The number of carbonyl (C=O) groups excluding carboxylic acids is 3.